The van der Waals surface area contributed by atoms with Crippen LogP contribution >= 0.6 is 0 Å². The highest BCUT2D eigenvalue weighted by Gasteiger charge is 2.29. The normalized spacial score (nSPS) is 22.7. The molecule has 1 aromatic rings. The van der Waals surface area contributed by atoms with Crippen LogP contribution in [0.2, 0.25) is 0 Å². The standard InChI is InChI=1S/C15H27N3O3S/c1-11(14-17-8-13(21-14)15(2,3)4)18-7-5-6-12(9-18)10-22(16,19)20/h8,11-12H,5-7,9-10H2,1-4H3,(H2,16,19,20). The molecule has 2 rings (SSSR count). The van der Waals surface area contributed by atoms with E-state index in [9.17, 15) is 8.42 Å². The summed E-state index contributed by atoms with van der Waals surface area (Å²) in [6.45, 7) is 9.96. The van der Waals surface area contributed by atoms with Gasteiger partial charge in [0.1, 0.15) is 5.76 Å². The molecule has 1 fully saturated rings. The van der Waals surface area contributed by atoms with Crippen molar-refractivity contribution in [2.75, 3.05) is 18.8 Å². The first-order valence-corrected chi connectivity index (χ1v) is 9.48. The Balaban J connectivity index is 2.05. The Kier molecular flexibility index (Phi) is 4.99. The Bertz CT molecular complexity index is 604. The Labute approximate surface area is 133 Å². The molecule has 1 saturated heterocycles. The van der Waals surface area contributed by atoms with Gasteiger partial charge in [0.25, 0.3) is 0 Å². The van der Waals surface area contributed by atoms with Crippen LogP contribution in [-0.2, 0) is 15.4 Å². The highest BCUT2D eigenvalue weighted by molar-refractivity contribution is 7.89. The number of aromatic nitrogens is 1. The Hall–Kier alpha value is -0.920. The van der Waals surface area contributed by atoms with Crippen LogP contribution in [0, 0.1) is 5.92 Å². The maximum absolute atomic E-state index is 11.3. The number of nitrogens with two attached hydrogens (primary N) is 1. The molecule has 2 N–H and O–H groups in total. The molecule has 0 radical (unpaired) electrons. The zero-order valence-electron chi connectivity index (χ0n) is 13.9. The van der Waals surface area contributed by atoms with Gasteiger partial charge in [0.2, 0.25) is 15.9 Å². The lowest BCUT2D eigenvalue weighted by molar-refractivity contribution is 0.121. The molecule has 0 spiro atoms. The molecule has 0 bridgehead atoms. The van der Waals surface area contributed by atoms with E-state index in [4.69, 9.17) is 9.56 Å². The number of nitrogens with zero attached hydrogens (tertiary/aromatic N) is 2. The number of primary sulfonamides is 1. The van der Waals surface area contributed by atoms with Crippen LogP contribution < -0.4 is 5.14 Å². The van der Waals surface area contributed by atoms with Crippen molar-refractivity contribution in [1.82, 2.24) is 9.88 Å². The SMILES string of the molecule is CC(c1ncc(C(C)(C)C)o1)N1CCCC(CS(N)(=O)=O)C1. The van der Waals surface area contributed by atoms with Gasteiger partial charge >= 0.3 is 0 Å². The molecule has 6 nitrogen and oxygen atoms in total. The summed E-state index contributed by atoms with van der Waals surface area (Å²) in [4.78, 5) is 6.64. The molecule has 1 aromatic heterocycles. The first-order chi connectivity index (χ1) is 10.1. The van der Waals surface area contributed by atoms with Gasteiger partial charge in [-0.2, -0.15) is 0 Å². The number of hydrogen-bond donors (Lipinski definition) is 1. The van der Waals surface area contributed by atoms with Crippen LogP contribution in [0.15, 0.2) is 10.6 Å². The molecule has 1 aliphatic rings. The zero-order valence-corrected chi connectivity index (χ0v) is 14.7. The third-order valence-corrected chi connectivity index (χ3v) is 5.12. The molecule has 7 heteroatoms. The van der Waals surface area contributed by atoms with Crippen molar-refractivity contribution in [2.45, 2.75) is 52.0 Å². The molecule has 2 unspecified atom stereocenters. The first-order valence-electron chi connectivity index (χ1n) is 7.77. The van der Waals surface area contributed by atoms with Crippen LogP contribution in [0.5, 0.6) is 0 Å². The van der Waals surface area contributed by atoms with E-state index in [-0.39, 0.29) is 23.1 Å². The molecular formula is C15H27N3O3S. The number of rotatable bonds is 4. The predicted molar refractivity (Wildman–Crippen MR) is 85.9 cm³/mol. The maximum atomic E-state index is 11.3. The molecule has 22 heavy (non-hydrogen) atoms. The lowest BCUT2D eigenvalue weighted by Gasteiger charge is -2.35. The van der Waals surface area contributed by atoms with Crippen molar-refractivity contribution in [3.8, 4) is 0 Å². The van der Waals surface area contributed by atoms with Gasteiger partial charge in [-0.3, -0.25) is 4.90 Å². The third-order valence-electron chi connectivity index (χ3n) is 4.19. The predicted octanol–water partition coefficient (Wildman–Crippen LogP) is 2.03. The number of piperidine rings is 1. The van der Waals surface area contributed by atoms with Crippen LogP contribution in [0.1, 0.15) is 58.2 Å². The smallest absolute Gasteiger partial charge is 0.211 e. The second kappa shape index (κ2) is 6.29. The second-order valence-electron chi connectivity index (χ2n) is 7.32. The summed E-state index contributed by atoms with van der Waals surface area (Å²) in [7, 11) is -3.42. The van der Waals surface area contributed by atoms with E-state index in [1.54, 1.807) is 6.20 Å². The minimum atomic E-state index is -3.42. The summed E-state index contributed by atoms with van der Waals surface area (Å²) >= 11 is 0. The van der Waals surface area contributed by atoms with Crippen LogP contribution in [-0.4, -0.2) is 37.1 Å². The van der Waals surface area contributed by atoms with Gasteiger partial charge in [-0.05, 0) is 32.2 Å². The van der Waals surface area contributed by atoms with Gasteiger partial charge in [0.15, 0.2) is 0 Å². The fraction of sp³-hybridized carbons (Fsp3) is 0.800. The summed E-state index contributed by atoms with van der Waals surface area (Å²) in [5, 5.41) is 5.17. The van der Waals surface area contributed by atoms with Crippen molar-refractivity contribution in [3.63, 3.8) is 0 Å². The van der Waals surface area contributed by atoms with Crippen LogP contribution in [0.4, 0.5) is 0 Å². The van der Waals surface area contributed by atoms with Crippen LogP contribution in [0.25, 0.3) is 0 Å². The highest BCUT2D eigenvalue weighted by atomic mass is 32.2. The second-order valence-corrected chi connectivity index (χ2v) is 8.98. The van der Waals surface area contributed by atoms with E-state index in [0.717, 1.165) is 25.1 Å². The summed E-state index contributed by atoms with van der Waals surface area (Å²) in [5.41, 5.74) is -0.0664. The molecule has 0 aliphatic carbocycles. The largest absolute Gasteiger partial charge is 0.443 e. The van der Waals surface area contributed by atoms with Gasteiger partial charge in [-0.25, -0.2) is 18.5 Å². The van der Waals surface area contributed by atoms with Crippen molar-refractivity contribution in [2.24, 2.45) is 11.1 Å². The zero-order chi connectivity index (χ0) is 16.5. The Morgan fingerprint density at radius 3 is 2.73 bits per heavy atom. The number of hydrogen-bond acceptors (Lipinski definition) is 5. The molecule has 0 saturated carbocycles. The van der Waals surface area contributed by atoms with E-state index < -0.39 is 10.0 Å². The molecule has 0 amide bonds. The van der Waals surface area contributed by atoms with E-state index >= 15 is 0 Å². The van der Waals surface area contributed by atoms with Gasteiger partial charge in [-0.15, -0.1) is 0 Å². The Morgan fingerprint density at radius 1 is 1.50 bits per heavy atom. The quantitative estimate of drug-likeness (QED) is 0.913. The van der Waals surface area contributed by atoms with E-state index in [1.807, 2.05) is 0 Å². The van der Waals surface area contributed by atoms with Gasteiger partial charge in [0.05, 0.1) is 18.0 Å². The monoisotopic (exact) mass is 329 g/mol. The fourth-order valence-corrected chi connectivity index (χ4v) is 3.83. The van der Waals surface area contributed by atoms with Crippen LogP contribution in [0.3, 0.4) is 0 Å². The average Bonchev–Trinajstić information content (AvgIpc) is 2.85. The topological polar surface area (TPSA) is 89.4 Å². The highest BCUT2D eigenvalue weighted by Crippen LogP contribution is 2.29. The minimum absolute atomic E-state index is 0.0411. The number of sulfonamides is 1. The molecule has 0 aromatic carbocycles. The van der Waals surface area contributed by atoms with E-state index in [0.29, 0.717) is 12.4 Å². The van der Waals surface area contributed by atoms with Gasteiger partial charge in [-0.1, -0.05) is 20.8 Å². The average molecular weight is 329 g/mol. The van der Waals surface area contributed by atoms with Crippen molar-refractivity contribution >= 4 is 10.0 Å². The summed E-state index contributed by atoms with van der Waals surface area (Å²) in [6.07, 6.45) is 3.66. The number of likely N-dealkylation sites (tertiary alicyclic amines) is 1. The number of oxazole rings is 1. The van der Waals surface area contributed by atoms with Gasteiger partial charge in [0, 0.05) is 12.0 Å². The van der Waals surface area contributed by atoms with Crippen molar-refractivity contribution in [1.29, 1.82) is 0 Å². The van der Waals surface area contributed by atoms with E-state index in [2.05, 4.69) is 37.6 Å². The lowest BCUT2D eigenvalue weighted by atomic mass is 9.94. The molecule has 126 valence electrons. The van der Waals surface area contributed by atoms with Crippen molar-refractivity contribution in [3.05, 3.63) is 17.8 Å². The minimum Gasteiger partial charge on any atom is -0.443 e. The third kappa shape index (κ3) is 4.54. The maximum Gasteiger partial charge on any atom is 0.211 e. The first kappa shape index (κ1) is 17.4. The summed E-state index contributed by atoms with van der Waals surface area (Å²) in [5.74, 6) is 1.70. The fourth-order valence-electron chi connectivity index (χ4n) is 2.90. The molecule has 2 atom stereocenters. The Morgan fingerprint density at radius 2 is 2.18 bits per heavy atom. The van der Waals surface area contributed by atoms with Gasteiger partial charge < -0.3 is 4.42 Å². The molecule has 1 aliphatic heterocycles. The summed E-state index contributed by atoms with van der Waals surface area (Å²) in [6, 6.07) is 0.0411. The summed E-state index contributed by atoms with van der Waals surface area (Å²) < 4.78 is 28.5. The van der Waals surface area contributed by atoms with Crippen molar-refractivity contribution < 1.29 is 12.8 Å². The van der Waals surface area contributed by atoms with E-state index in [1.165, 1.54) is 0 Å². The molecular weight excluding hydrogens is 302 g/mol. The lowest BCUT2D eigenvalue weighted by Crippen LogP contribution is -2.40. The molecule has 2 heterocycles.